The van der Waals surface area contributed by atoms with Crippen LogP contribution in [0.4, 0.5) is 4.39 Å². The first kappa shape index (κ1) is 18.6. The standard InChI is InChI=1S/C19H22FNO4/c1-5-21(12-13-7-6-8-15(20)9-13)19(22)14-10-16(23-2)18(25-4)17(11-14)24-3/h6-11H,5,12H2,1-4H3. The van der Waals surface area contributed by atoms with Crippen molar-refractivity contribution < 1.29 is 23.4 Å². The van der Waals surface area contributed by atoms with Gasteiger partial charge in [-0.25, -0.2) is 4.39 Å². The van der Waals surface area contributed by atoms with Gasteiger partial charge >= 0.3 is 0 Å². The summed E-state index contributed by atoms with van der Waals surface area (Å²) in [5.41, 5.74) is 1.13. The van der Waals surface area contributed by atoms with Crippen LogP contribution in [0.25, 0.3) is 0 Å². The molecule has 0 aliphatic heterocycles. The molecule has 0 atom stereocenters. The molecule has 2 aromatic carbocycles. The number of benzene rings is 2. The highest BCUT2D eigenvalue weighted by Crippen LogP contribution is 2.38. The topological polar surface area (TPSA) is 48.0 Å². The number of halogens is 1. The predicted octanol–water partition coefficient (Wildman–Crippen LogP) is 3.51. The van der Waals surface area contributed by atoms with Gasteiger partial charge in [0.1, 0.15) is 5.82 Å². The van der Waals surface area contributed by atoms with Crippen molar-refractivity contribution in [3.05, 3.63) is 53.3 Å². The summed E-state index contributed by atoms with van der Waals surface area (Å²) in [6.45, 7) is 2.66. The Kier molecular flexibility index (Phi) is 6.22. The predicted molar refractivity (Wildman–Crippen MR) is 92.9 cm³/mol. The molecule has 25 heavy (non-hydrogen) atoms. The fourth-order valence-electron chi connectivity index (χ4n) is 2.57. The van der Waals surface area contributed by atoms with Crippen LogP contribution in [-0.2, 0) is 6.54 Å². The maximum absolute atomic E-state index is 13.4. The Hall–Kier alpha value is -2.76. The lowest BCUT2D eigenvalue weighted by Gasteiger charge is -2.22. The molecule has 0 bridgehead atoms. The van der Waals surface area contributed by atoms with E-state index in [1.165, 1.54) is 33.5 Å². The van der Waals surface area contributed by atoms with Gasteiger partial charge < -0.3 is 19.1 Å². The molecule has 0 aromatic heterocycles. The second kappa shape index (κ2) is 8.37. The van der Waals surface area contributed by atoms with Crippen LogP contribution in [0.5, 0.6) is 17.2 Å². The van der Waals surface area contributed by atoms with Crippen molar-refractivity contribution in [3.8, 4) is 17.2 Å². The normalized spacial score (nSPS) is 10.3. The van der Waals surface area contributed by atoms with E-state index in [4.69, 9.17) is 14.2 Å². The van der Waals surface area contributed by atoms with Crippen molar-refractivity contribution >= 4 is 5.91 Å². The Morgan fingerprint density at radius 2 is 1.68 bits per heavy atom. The number of carbonyl (C=O) groups excluding carboxylic acids is 1. The Labute approximate surface area is 146 Å². The van der Waals surface area contributed by atoms with Crippen molar-refractivity contribution in [1.82, 2.24) is 4.90 Å². The van der Waals surface area contributed by atoms with E-state index in [0.29, 0.717) is 35.9 Å². The summed E-state index contributed by atoms with van der Waals surface area (Å²) in [4.78, 5) is 14.5. The van der Waals surface area contributed by atoms with Crippen LogP contribution in [-0.4, -0.2) is 38.7 Å². The number of carbonyl (C=O) groups is 1. The van der Waals surface area contributed by atoms with Gasteiger partial charge in [-0.1, -0.05) is 12.1 Å². The fourth-order valence-corrected chi connectivity index (χ4v) is 2.57. The van der Waals surface area contributed by atoms with Crippen LogP contribution in [0.1, 0.15) is 22.8 Å². The molecule has 0 saturated heterocycles. The van der Waals surface area contributed by atoms with E-state index in [-0.39, 0.29) is 11.7 Å². The SMILES string of the molecule is CCN(Cc1cccc(F)c1)C(=O)c1cc(OC)c(OC)c(OC)c1. The lowest BCUT2D eigenvalue weighted by Crippen LogP contribution is -2.30. The lowest BCUT2D eigenvalue weighted by molar-refractivity contribution is 0.0751. The lowest BCUT2D eigenvalue weighted by atomic mass is 10.1. The summed E-state index contributed by atoms with van der Waals surface area (Å²) in [6.07, 6.45) is 0. The summed E-state index contributed by atoms with van der Waals surface area (Å²) in [5, 5.41) is 0. The molecule has 2 rings (SSSR count). The first-order chi connectivity index (χ1) is 12.0. The quantitative estimate of drug-likeness (QED) is 0.769. The van der Waals surface area contributed by atoms with Crippen LogP contribution >= 0.6 is 0 Å². The number of ether oxygens (including phenoxy) is 3. The van der Waals surface area contributed by atoms with Gasteiger partial charge in [0, 0.05) is 18.7 Å². The number of amides is 1. The number of nitrogens with zero attached hydrogens (tertiary/aromatic N) is 1. The molecule has 0 unspecified atom stereocenters. The largest absolute Gasteiger partial charge is 0.493 e. The summed E-state index contributed by atoms with van der Waals surface area (Å²) in [7, 11) is 4.50. The van der Waals surface area contributed by atoms with Crippen molar-refractivity contribution in [2.45, 2.75) is 13.5 Å². The van der Waals surface area contributed by atoms with Gasteiger partial charge in [0.25, 0.3) is 5.91 Å². The van der Waals surface area contributed by atoms with Crippen LogP contribution in [0.3, 0.4) is 0 Å². The second-order valence-electron chi connectivity index (χ2n) is 5.36. The molecule has 134 valence electrons. The number of hydrogen-bond acceptors (Lipinski definition) is 4. The van der Waals surface area contributed by atoms with Crippen molar-refractivity contribution in [2.24, 2.45) is 0 Å². The van der Waals surface area contributed by atoms with E-state index in [1.807, 2.05) is 6.92 Å². The van der Waals surface area contributed by atoms with Gasteiger partial charge in [-0.15, -0.1) is 0 Å². The Balaban J connectivity index is 2.33. The third-order valence-electron chi connectivity index (χ3n) is 3.84. The van der Waals surface area contributed by atoms with Gasteiger partial charge in [0.2, 0.25) is 5.75 Å². The zero-order valence-electron chi connectivity index (χ0n) is 14.8. The zero-order valence-corrected chi connectivity index (χ0v) is 14.8. The maximum Gasteiger partial charge on any atom is 0.254 e. The molecule has 6 heteroatoms. The van der Waals surface area contributed by atoms with Crippen LogP contribution in [0, 0.1) is 5.82 Å². The highest BCUT2D eigenvalue weighted by atomic mass is 19.1. The molecule has 0 saturated carbocycles. The van der Waals surface area contributed by atoms with Crippen molar-refractivity contribution in [1.29, 1.82) is 0 Å². The highest BCUT2D eigenvalue weighted by molar-refractivity contribution is 5.95. The van der Waals surface area contributed by atoms with Crippen molar-refractivity contribution in [2.75, 3.05) is 27.9 Å². The van der Waals surface area contributed by atoms with E-state index < -0.39 is 0 Å². The monoisotopic (exact) mass is 347 g/mol. The minimum absolute atomic E-state index is 0.203. The molecule has 0 spiro atoms. The Bertz CT molecular complexity index is 723. The van der Waals surface area contributed by atoms with E-state index in [0.717, 1.165) is 5.56 Å². The second-order valence-corrected chi connectivity index (χ2v) is 5.36. The molecule has 2 aromatic rings. The summed E-state index contributed by atoms with van der Waals surface area (Å²) in [6, 6.07) is 9.43. The minimum Gasteiger partial charge on any atom is -0.493 e. The van der Waals surface area contributed by atoms with Gasteiger partial charge in [-0.3, -0.25) is 4.79 Å². The average molecular weight is 347 g/mol. The molecule has 0 fully saturated rings. The fraction of sp³-hybridized carbons (Fsp3) is 0.316. The molecule has 0 aliphatic carbocycles. The molecular formula is C19H22FNO4. The molecular weight excluding hydrogens is 325 g/mol. The van der Waals surface area contributed by atoms with Crippen LogP contribution in [0.2, 0.25) is 0 Å². The molecule has 5 nitrogen and oxygen atoms in total. The minimum atomic E-state index is -0.325. The number of rotatable bonds is 7. The average Bonchev–Trinajstić information content (AvgIpc) is 2.64. The highest BCUT2D eigenvalue weighted by Gasteiger charge is 2.20. The summed E-state index contributed by atoms with van der Waals surface area (Å²) >= 11 is 0. The third-order valence-corrected chi connectivity index (χ3v) is 3.84. The zero-order chi connectivity index (χ0) is 18.4. The Morgan fingerprint density at radius 1 is 1.04 bits per heavy atom. The molecule has 0 radical (unpaired) electrons. The van der Waals surface area contributed by atoms with E-state index in [1.54, 1.807) is 29.2 Å². The molecule has 0 N–H and O–H groups in total. The number of methoxy groups -OCH3 is 3. The third kappa shape index (κ3) is 4.21. The first-order valence-electron chi connectivity index (χ1n) is 7.87. The molecule has 0 heterocycles. The molecule has 0 aliphatic rings. The van der Waals surface area contributed by atoms with Gasteiger partial charge in [-0.05, 0) is 36.8 Å². The van der Waals surface area contributed by atoms with Gasteiger partial charge in [0.05, 0.1) is 21.3 Å². The number of hydrogen-bond donors (Lipinski definition) is 0. The van der Waals surface area contributed by atoms with E-state index in [9.17, 15) is 9.18 Å². The van der Waals surface area contributed by atoms with Gasteiger partial charge in [0.15, 0.2) is 11.5 Å². The smallest absolute Gasteiger partial charge is 0.254 e. The van der Waals surface area contributed by atoms with E-state index >= 15 is 0 Å². The summed E-state index contributed by atoms with van der Waals surface area (Å²) < 4.78 is 29.2. The van der Waals surface area contributed by atoms with Crippen LogP contribution < -0.4 is 14.2 Å². The first-order valence-corrected chi connectivity index (χ1v) is 7.87. The van der Waals surface area contributed by atoms with E-state index in [2.05, 4.69) is 0 Å². The maximum atomic E-state index is 13.4. The van der Waals surface area contributed by atoms with Gasteiger partial charge in [-0.2, -0.15) is 0 Å². The Morgan fingerprint density at radius 3 is 2.16 bits per heavy atom. The van der Waals surface area contributed by atoms with Crippen LogP contribution in [0.15, 0.2) is 36.4 Å². The summed E-state index contributed by atoms with van der Waals surface area (Å²) in [5.74, 6) is 0.716. The molecule has 1 amide bonds. The van der Waals surface area contributed by atoms with Crippen molar-refractivity contribution in [3.63, 3.8) is 0 Å².